The van der Waals surface area contributed by atoms with Crippen LogP contribution in [0.3, 0.4) is 0 Å². The Morgan fingerprint density at radius 2 is 2.14 bits per heavy atom. The molecule has 0 aromatic rings. The summed E-state index contributed by atoms with van der Waals surface area (Å²) in [5.41, 5.74) is 0. The van der Waals surface area contributed by atoms with Gasteiger partial charge in [0, 0.05) is 18.4 Å². The summed E-state index contributed by atoms with van der Waals surface area (Å²) in [5, 5.41) is 0.0606. The topological polar surface area (TPSA) is 51.2 Å². The van der Waals surface area contributed by atoms with Crippen LogP contribution in [-0.4, -0.2) is 37.2 Å². The summed E-state index contributed by atoms with van der Waals surface area (Å²) in [6, 6.07) is 0. The summed E-state index contributed by atoms with van der Waals surface area (Å²) in [6.45, 7) is 0. The van der Waals surface area contributed by atoms with E-state index < -0.39 is 9.84 Å². The van der Waals surface area contributed by atoms with E-state index in [0.717, 1.165) is 19.3 Å². The standard InChI is InChI=1S/C9H16O3S2/c1-14(11,12)7-6-13-9-5-3-2-4-8(9)10/h9H,2-7H2,1H3. The van der Waals surface area contributed by atoms with Crippen molar-refractivity contribution >= 4 is 27.4 Å². The minimum Gasteiger partial charge on any atom is -0.298 e. The minimum absolute atomic E-state index is 0.0606. The largest absolute Gasteiger partial charge is 0.298 e. The van der Waals surface area contributed by atoms with Crippen molar-refractivity contribution in [2.45, 2.75) is 30.9 Å². The van der Waals surface area contributed by atoms with Crippen LogP contribution in [0, 0.1) is 0 Å². The van der Waals surface area contributed by atoms with Crippen LogP contribution in [0.2, 0.25) is 0 Å². The van der Waals surface area contributed by atoms with Gasteiger partial charge in [-0.2, -0.15) is 0 Å². The highest BCUT2D eigenvalue weighted by molar-refractivity contribution is 8.01. The predicted molar refractivity (Wildman–Crippen MR) is 59.4 cm³/mol. The lowest BCUT2D eigenvalue weighted by Gasteiger charge is -2.19. The highest BCUT2D eigenvalue weighted by atomic mass is 32.2. The van der Waals surface area contributed by atoms with Crippen LogP contribution < -0.4 is 0 Å². The molecule has 5 heteroatoms. The van der Waals surface area contributed by atoms with Crippen molar-refractivity contribution in [2.24, 2.45) is 0 Å². The fraction of sp³-hybridized carbons (Fsp3) is 0.889. The highest BCUT2D eigenvalue weighted by Crippen LogP contribution is 2.25. The van der Waals surface area contributed by atoms with Gasteiger partial charge in [0.25, 0.3) is 0 Å². The lowest BCUT2D eigenvalue weighted by atomic mass is 9.99. The van der Waals surface area contributed by atoms with Gasteiger partial charge in [0.05, 0.1) is 11.0 Å². The Bertz CT molecular complexity index is 295. The average molecular weight is 236 g/mol. The van der Waals surface area contributed by atoms with Gasteiger partial charge in [-0.1, -0.05) is 6.42 Å². The van der Waals surface area contributed by atoms with E-state index in [9.17, 15) is 13.2 Å². The summed E-state index contributed by atoms with van der Waals surface area (Å²) >= 11 is 1.50. The Hall–Kier alpha value is -0.0300. The second-order valence-electron chi connectivity index (χ2n) is 3.70. The first-order valence-electron chi connectivity index (χ1n) is 4.81. The molecule has 0 N–H and O–H groups in total. The van der Waals surface area contributed by atoms with Gasteiger partial charge in [-0.05, 0) is 12.8 Å². The van der Waals surface area contributed by atoms with E-state index in [2.05, 4.69) is 0 Å². The van der Waals surface area contributed by atoms with Crippen LogP contribution in [-0.2, 0) is 14.6 Å². The van der Waals surface area contributed by atoms with E-state index in [1.54, 1.807) is 0 Å². The van der Waals surface area contributed by atoms with Crippen molar-refractivity contribution in [1.82, 2.24) is 0 Å². The summed E-state index contributed by atoms with van der Waals surface area (Å²) in [4.78, 5) is 11.4. The zero-order chi connectivity index (χ0) is 10.6. The van der Waals surface area contributed by atoms with Gasteiger partial charge in [-0.3, -0.25) is 4.79 Å². The van der Waals surface area contributed by atoms with Crippen LogP contribution in [0.4, 0.5) is 0 Å². The van der Waals surface area contributed by atoms with Crippen molar-refractivity contribution in [1.29, 1.82) is 0 Å². The number of carbonyl (C=O) groups excluding carboxylic acids is 1. The second kappa shape index (κ2) is 5.16. The molecule has 0 aromatic heterocycles. The molecule has 0 radical (unpaired) electrons. The van der Waals surface area contributed by atoms with E-state index >= 15 is 0 Å². The van der Waals surface area contributed by atoms with Gasteiger partial charge >= 0.3 is 0 Å². The lowest BCUT2D eigenvalue weighted by Crippen LogP contribution is -2.22. The van der Waals surface area contributed by atoms with Crippen LogP contribution in [0.25, 0.3) is 0 Å². The van der Waals surface area contributed by atoms with Gasteiger partial charge in [-0.25, -0.2) is 8.42 Å². The predicted octanol–water partition coefficient (Wildman–Crippen LogP) is 1.28. The van der Waals surface area contributed by atoms with E-state index in [1.165, 1.54) is 18.0 Å². The van der Waals surface area contributed by atoms with Crippen LogP contribution >= 0.6 is 11.8 Å². The quantitative estimate of drug-likeness (QED) is 0.738. The maximum absolute atomic E-state index is 11.4. The molecule has 1 unspecified atom stereocenters. The first kappa shape index (κ1) is 12.0. The Labute approximate surface area is 89.6 Å². The molecule has 1 atom stereocenters. The van der Waals surface area contributed by atoms with Crippen molar-refractivity contribution in [3.63, 3.8) is 0 Å². The third-order valence-corrected chi connectivity index (χ3v) is 4.82. The average Bonchev–Trinajstić information content (AvgIpc) is 2.06. The fourth-order valence-corrected chi connectivity index (χ4v) is 3.99. The van der Waals surface area contributed by atoms with Gasteiger partial charge < -0.3 is 0 Å². The smallest absolute Gasteiger partial charge is 0.148 e. The van der Waals surface area contributed by atoms with E-state index in [0.29, 0.717) is 18.0 Å². The van der Waals surface area contributed by atoms with Gasteiger partial charge in [-0.15, -0.1) is 11.8 Å². The zero-order valence-electron chi connectivity index (χ0n) is 8.36. The molecule has 0 aliphatic heterocycles. The molecule has 1 aliphatic rings. The maximum atomic E-state index is 11.4. The Morgan fingerprint density at radius 3 is 2.71 bits per heavy atom. The molecule has 0 saturated heterocycles. The Balaban J connectivity index is 2.27. The molecule has 1 rings (SSSR count). The fourth-order valence-electron chi connectivity index (χ4n) is 1.47. The Morgan fingerprint density at radius 1 is 1.43 bits per heavy atom. The first-order valence-corrected chi connectivity index (χ1v) is 7.92. The monoisotopic (exact) mass is 236 g/mol. The van der Waals surface area contributed by atoms with E-state index in [-0.39, 0.29) is 11.0 Å². The number of ketones is 1. The molecule has 14 heavy (non-hydrogen) atoms. The number of carbonyl (C=O) groups is 1. The van der Waals surface area contributed by atoms with Crippen LogP contribution in [0.1, 0.15) is 25.7 Å². The molecular weight excluding hydrogens is 220 g/mol. The minimum atomic E-state index is -2.87. The Kier molecular flexibility index (Phi) is 4.44. The molecule has 0 spiro atoms. The van der Waals surface area contributed by atoms with Crippen LogP contribution in [0.5, 0.6) is 0 Å². The normalized spacial score (nSPS) is 23.8. The summed E-state index contributed by atoms with van der Waals surface area (Å²) in [6.07, 6.45) is 4.93. The van der Waals surface area contributed by atoms with Crippen LogP contribution in [0.15, 0.2) is 0 Å². The molecule has 0 aromatic carbocycles. The van der Waals surface area contributed by atoms with Gasteiger partial charge in [0.2, 0.25) is 0 Å². The number of hydrogen-bond donors (Lipinski definition) is 0. The molecule has 0 amide bonds. The van der Waals surface area contributed by atoms with Gasteiger partial charge in [0.1, 0.15) is 15.6 Å². The molecule has 82 valence electrons. The summed E-state index contributed by atoms with van der Waals surface area (Å²) in [5.74, 6) is 1.03. The van der Waals surface area contributed by atoms with Gasteiger partial charge in [0.15, 0.2) is 0 Å². The van der Waals surface area contributed by atoms with E-state index in [1.807, 2.05) is 0 Å². The molecule has 1 saturated carbocycles. The number of rotatable bonds is 4. The van der Waals surface area contributed by atoms with Crippen molar-refractivity contribution in [3.05, 3.63) is 0 Å². The molecule has 1 fully saturated rings. The third-order valence-electron chi connectivity index (χ3n) is 2.27. The van der Waals surface area contributed by atoms with Crippen molar-refractivity contribution < 1.29 is 13.2 Å². The summed E-state index contributed by atoms with van der Waals surface area (Å²) < 4.78 is 21.7. The SMILES string of the molecule is CS(=O)(=O)CCSC1CCCCC1=O. The molecule has 0 heterocycles. The summed E-state index contributed by atoms with van der Waals surface area (Å²) in [7, 11) is -2.87. The number of Topliss-reactive ketones (excluding diaryl/α,β-unsaturated/α-hetero) is 1. The maximum Gasteiger partial charge on any atom is 0.148 e. The second-order valence-corrected chi connectivity index (χ2v) is 7.27. The van der Waals surface area contributed by atoms with Crippen molar-refractivity contribution in [2.75, 3.05) is 17.8 Å². The first-order chi connectivity index (χ1) is 6.49. The molecule has 1 aliphatic carbocycles. The number of hydrogen-bond acceptors (Lipinski definition) is 4. The lowest BCUT2D eigenvalue weighted by molar-refractivity contribution is -0.119. The highest BCUT2D eigenvalue weighted by Gasteiger charge is 2.22. The molecule has 3 nitrogen and oxygen atoms in total. The third kappa shape index (κ3) is 4.46. The molecular formula is C9H16O3S2. The number of sulfone groups is 1. The number of thioether (sulfide) groups is 1. The van der Waals surface area contributed by atoms with E-state index in [4.69, 9.17) is 0 Å². The molecule has 0 bridgehead atoms. The van der Waals surface area contributed by atoms with Crippen molar-refractivity contribution in [3.8, 4) is 0 Å². The zero-order valence-corrected chi connectivity index (χ0v) is 9.99.